The third kappa shape index (κ3) is 6.19. The van der Waals surface area contributed by atoms with E-state index in [1.54, 1.807) is 32.4 Å². The fourth-order valence-corrected chi connectivity index (χ4v) is 2.31. The molecule has 1 aromatic carbocycles. The average molecular weight is 389 g/mol. The number of ether oxygens (including phenoxy) is 2. The Bertz CT molecular complexity index is 989. The Balaban J connectivity index is 0.000000244. The Morgan fingerprint density at radius 2 is 1.59 bits per heavy atom. The van der Waals surface area contributed by atoms with Crippen LogP contribution in [0.25, 0.3) is 0 Å². The van der Waals surface area contributed by atoms with Crippen LogP contribution >= 0.6 is 11.8 Å². The van der Waals surface area contributed by atoms with Gasteiger partial charge in [-0.15, -0.1) is 0 Å². The molecule has 0 amide bonds. The largest absolute Gasteiger partial charge is 0.493 e. The minimum Gasteiger partial charge on any atom is -0.493 e. The number of rotatable bonds is 5. The molecule has 0 saturated heterocycles. The number of thioether (sulfide) groups is 1. The van der Waals surface area contributed by atoms with Crippen LogP contribution in [0.2, 0.25) is 0 Å². The van der Waals surface area contributed by atoms with Crippen LogP contribution in [-0.4, -0.2) is 40.4 Å². The second kappa shape index (κ2) is 10.0. The summed E-state index contributed by atoms with van der Waals surface area (Å²) in [6.07, 6.45) is 4.78. The lowest BCUT2D eigenvalue weighted by atomic mass is 10.3. The number of nitrogens with one attached hydrogen (secondary N) is 3. The zero-order valence-electron chi connectivity index (χ0n) is 15.0. The summed E-state index contributed by atoms with van der Waals surface area (Å²) in [6.45, 7) is 0. The summed E-state index contributed by atoms with van der Waals surface area (Å²) in [5, 5.41) is 3.62. The van der Waals surface area contributed by atoms with E-state index in [0.29, 0.717) is 22.6 Å². The normalized spacial score (nSPS) is 9.74. The van der Waals surface area contributed by atoms with Crippen LogP contribution in [-0.2, 0) is 0 Å². The first kappa shape index (κ1) is 20.0. The smallest absolute Gasteiger partial charge is 0.252 e. The van der Waals surface area contributed by atoms with E-state index in [1.807, 2.05) is 6.26 Å². The Kier molecular flexibility index (Phi) is 7.44. The van der Waals surface area contributed by atoms with Crippen molar-refractivity contribution in [1.29, 1.82) is 0 Å². The second-order valence-corrected chi connectivity index (χ2v) is 5.72. The van der Waals surface area contributed by atoms with Gasteiger partial charge in [-0.1, -0.05) is 11.8 Å². The van der Waals surface area contributed by atoms with Crippen LogP contribution in [0.5, 0.6) is 11.5 Å². The molecule has 0 fully saturated rings. The van der Waals surface area contributed by atoms with Crippen molar-refractivity contribution in [3.63, 3.8) is 0 Å². The fourth-order valence-electron chi connectivity index (χ4n) is 1.94. The first-order valence-electron chi connectivity index (χ1n) is 7.69. The molecule has 0 unspecified atom stereocenters. The van der Waals surface area contributed by atoms with Gasteiger partial charge in [-0.2, -0.15) is 0 Å². The van der Waals surface area contributed by atoms with E-state index in [4.69, 9.17) is 9.47 Å². The monoisotopic (exact) mass is 389 g/mol. The molecule has 0 radical (unpaired) electrons. The second-order valence-electron chi connectivity index (χ2n) is 4.92. The molecule has 0 saturated carbocycles. The van der Waals surface area contributed by atoms with Crippen LogP contribution in [0.15, 0.2) is 57.5 Å². The highest BCUT2D eigenvalue weighted by atomic mass is 32.2. The zero-order valence-corrected chi connectivity index (χ0v) is 15.8. The van der Waals surface area contributed by atoms with E-state index in [-0.39, 0.29) is 11.1 Å². The molecule has 0 aliphatic heterocycles. The maximum absolute atomic E-state index is 11.1. The van der Waals surface area contributed by atoms with Crippen LogP contribution < -0.4 is 25.9 Å². The summed E-state index contributed by atoms with van der Waals surface area (Å²) < 4.78 is 10.3. The van der Waals surface area contributed by atoms with Gasteiger partial charge in [-0.3, -0.25) is 14.6 Å². The maximum Gasteiger partial charge on any atom is 0.252 e. The van der Waals surface area contributed by atoms with Gasteiger partial charge in [-0.25, -0.2) is 9.97 Å². The number of benzene rings is 1. The first-order chi connectivity index (χ1) is 13.0. The van der Waals surface area contributed by atoms with E-state index >= 15 is 0 Å². The lowest BCUT2D eigenvalue weighted by Crippen LogP contribution is -2.08. The lowest BCUT2D eigenvalue weighted by Gasteiger charge is -2.10. The van der Waals surface area contributed by atoms with Crippen molar-refractivity contribution in [3.8, 4) is 11.5 Å². The van der Waals surface area contributed by atoms with Gasteiger partial charge in [0.15, 0.2) is 16.7 Å². The van der Waals surface area contributed by atoms with Gasteiger partial charge in [-0.05, 0) is 18.4 Å². The van der Waals surface area contributed by atoms with E-state index in [0.717, 1.165) is 5.69 Å². The Labute approximate surface area is 159 Å². The van der Waals surface area contributed by atoms with Gasteiger partial charge in [0.1, 0.15) is 0 Å². The predicted molar refractivity (Wildman–Crippen MR) is 104 cm³/mol. The van der Waals surface area contributed by atoms with Gasteiger partial charge in [0.2, 0.25) is 5.95 Å². The van der Waals surface area contributed by atoms with E-state index in [2.05, 4.69) is 25.3 Å². The zero-order chi connectivity index (χ0) is 19.6. The number of nitrogens with zero attached hydrogens (tertiary/aromatic N) is 2. The molecule has 0 aliphatic carbocycles. The van der Waals surface area contributed by atoms with Crippen molar-refractivity contribution in [3.05, 3.63) is 63.4 Å². The highest BCUT2D eigenvalue weighted by Gasteiger charge is 2.05. The lowest BCUT2D eigenvalue weighted by molar-refractivity contribution is 0.355. The third-order valence-corrected chi connectivity index (χ3v) is 3.75. The van der Waals surface area contributed by atoms with Gasteiger partial charge in [0.05, 0.1) is 14.2 Å². The van der Waals surface area contributed by atoms with E-state index in [1.165, 1.54) is 36.3 Å². The molecule has 2 heterocycles. The number of aromatic amines is 2. The molecule has 3 aromatic rings. The van der Waals surface area contributed by atoms with Gasteiger partial charge in [0, 0.05) is 36.3 Å². The molecule has 10 heteroatoms. The number of anilines is 2. The van der Waals surface area contributed by atoms with E-state index in [9.17, 15) is 9.59 Å². The molecule has 0 spiro atoms. The molecule has 27 heavy (non-hydrogen) atoms. The molecule has 3 N–H and O–H groups in total. The molecular formula is C17H19N5O4S. The fraction of sp³-hybridized carbons (Fsp3) is 0.176. The van der Waals surface area contributed by atoms with Crippen molar-refractivity contribution < 1.29 is 9.47 Å². The summed E-state index contributed by atoms with van der Waals surface area (Å²) in [6, 6.07) is 8.06. The summed E-state index contributed by atoms with van der Waals surface area (Å²) in [5.41, 5.74) is 0.421. The van der Waals surface area contributed by atoms with E-state index < -0.39 is 0 Å². The quantitative estimate of drug-likeness (QED) is 0.447. The molecule has 3 rings (SSSR count). The standard InChI is InChI=1S/C12H13N3O3.C5H6N2OS/c1-17-9-4-3-8(7-10(9)18-2)14-12-13-6-5-11(16)15-12;1-9-5-6-3-2-4(8)7-5/h3-7H,1-2H3,(H2,13,14,15,16);2-3H,1H3,(H,6,7,8). The molecule has 0 aliphatic rings. The van der Waals surface area contributed by atoms with Gasteiger partial charge >= 0.3 is 0 Å². The molecule has 2 aromatic heterocycles. The van der Waals surface area contributed by atoms with Gasteiger partial charge in [0.25, 0.3) is 11.1 Å². The Hall–Kier alpha value is -3.27. The molecule has 0 atom stereocenters. The average Bonchev–Trinajstić information content (AvgIpc) is 2.68. The predicted octanol–water partition coefficient (Wildman–Crippen LogP) is 2.02. The highest BCUT2D eigenvalue weighted by Crippen LogP contribution is 2.30. The van der Waals surface area contributed by atoms with Crippen LogP contribution in [0.3, 0.4) is 0 Å². The molecule has 9 nitrogen and oxygen atoms in total. The summed E-state index contributed by atoms with van der Waals surface area (Å²) in [7, 11) is 3.13. The number of H-pyrrole nitrogens is 2. The van der Waals surface area contributed by atoms with Crippen molar-refractivity contribution in [1.82, 2.24) is 19.9 Å². The van der Waals surface area contributed by atoms with Crippen molar-refractivity contribution in [2.45, 2.75) is 5.16 Å². The Morgan fingerprint density at radius 1 is 0.926 bits per heavy atom. The van der Waals surface area contributed by atoms with Crippen molar-refractivity contribution >= 4 is 23.4 Å². The summed E-state index contributed by atoms with van der Waals surface area (Å²) in [4.78, 5) is 34.6. The SMILES string of the molecule is COc1ccc(Nc2nccc(=O)[nH]2)cc1OC.CSc1nccc(=O)[nH]1. The van der Waals surface area contributed by atoms with Crippen LogP contribution in [0, 0.1) is 0 Å². The number of methoxy groups -OCH3 is 2. The molecule has 142 valence electrons. The molecular weight excluding hydrogens is 370 g/mol. The number of aromatic nitrogens is 4. The number of hydrogen-bond acceptors (Lipinski definition) is 8. The third-order valence-electron chi connectivity index (χ3n) is 3.16. The van der Waals surface area contributed by atoms with Crippen LogP contribution in [0.1, 0.15) is 0 Å². The summed E-state index contributed by atoms with van der Waals surface area (Å²) in [5.74, 6) is 1.60. The van der Waals surface area contributed by atoms with Crippen molar-refractivity contribution in [2.24, 2.45) is 0 Å². The maximum atomic E-state index is 11.1. The summed E-state index contributed by atoms with van der Waals surface area (Å²) >= 11 is 1.42. The minimum absolute atomic E-state index is 0.102. The first-order valence-corrected chi connectivity index (χ1v) is 8.92. The van der Waals surface area contributed by atoms with Gasteiger partial charge < -0.3 is 19.8 Å². The highest BCUT2D eigenvalue weighted by molar-refractivity contribution is 7.98. The number of hydrogen-bond donors (Lipinski definition) is 3. The molecule has 0 bridgehead atoms. The van der Waals surface area contributed by atoms with Crippen molar-refractivity contribution in [2.75, 3.05) is 25.8 Å². The Morgan fingerprint density at radius 3 is 2.15 bits per heavy atom. The topological polar surface area (TPSA) is 122 Å². The van der Waals surface area contributed by atoms with Crippen LogP contribution in [0.4, 0.5) is 11.6 Å². The minimum atomic E-state index is -0.215.